The van der Waals surface area contributed by atoms with E-state index in [4.69, 9.17) is 11.5 Å². The van der Waals surface area contributed by atoms with Gasteiger partial charge in [0.1, 0.15) is 5.75 Å². The van der Waals surface area contributed by atoms with Crippen LogP contribution >= 0.6 is 0 Å². The molecule has 2 aromatic carbocycles. The van der Waals surface area contributed by atoms with Gasteiger partial charge in [-0.25, -0.2) is 14.8 Å². The molecule has 9 nitrogen and oxygen atoms in total. The molecule has 0 saturated carbocycles. The van der Waals surface area contributed by atoms with Gasteiger partial charge < -0.3 is 21.5 Å². The SMILES string of the molecule is NC(=O)c1nc(Cc2cccc(C(=O)NCc3cccc(OC(=O)C(F)(F)F)c3)c2)cnc1N. The molecule has 0 bridgehead atoms. The fraction of sp³-hybridized carbons (Fsp3) is 0.136. The highest BCUT2D eigenvalue weighted by Crippen LogP contribution is 2.21. The number of esters is 1. The van der Waals surface area contributed by atoms with Crippen LogP contribution in [0.1, 0.15) is 37.7 Å². The highest BCUT2D eigenvalue weighted by atomic mass is 19.4. The van der Waals surface area contributed by atoms with Crippen LogP contribution in [0.3, 0.4) is 0 Å². The largest absolute Gasteiger partial charge is 0.491 e. The molecule has 1 heterocycles. The molecule has 5 N–H and O–H groups in total. The van der Waals surface area contributed by atoms with Crippen LogP contribution in [0.4, 0.5) is 19.0 Å². The number of amides is 2. The van der Waals surface area contributed by atoms with Crippen molar-refractivity contribution in [2.24, 2.45) is 5.73 Å². The molecule has 0 fully saturated rings. The summed E-state index contributed by atoms with van der Waals surface area (Å²) in [4.78, 5) is 42.9. The molecule has 1 aromatic heterocycles. The molecule has 0 aliphatic heterocycles. The van der Waals surface area contributed by atoms with E-state index < -0.39 is 24.0 Å². The van der Waals surface area contributed by atoms with Crippen molar-refractivity contribution in [3.8, 4) is 5.75 Å². The molecule has 0 unspecified atom stereocenters. The third-order valence-electron chi connectivity index (χ3n) is 4.45. The molecular formula is C22H18F3N5O4. The minimum atomic E-state index is -5.12. The first-order valence-electron chi connectivity index (χ1n) is 9.69. The number of aromatic nitrogens is 2. The fourth-order valence-electron chi connectivity index (χ4n) is 2.90. The Morgan fingerprint density at radius 2 is 1.74 bits per heavy atom. The number of nitrogen functional groups attached to an aromatic ring is 1. The number of carbonyl (C=O) groups is 3. The van der Waals surface area contributed by atoms with E-state index in [0.717, 1.165) is 0 Å². The maximum absolute atomic E-state index is 12.6. The Bertz CT molecular complexity index is 1250. The number of rotatable bonds is 7. The predicted octanol–water partition coefficient (Wildman–Crippen LogP) is 2.15. The van der Waals surface area contributed by atoms with E-state index in [9.17, 15) is 27.6 Å². The van der Waals surface area contributed by atoms with Crippen LogP contribution in [0.25, 0.3) is 0 Å². The number of hydrogen-bond donors (Lipinski definition) is 3. The Morgan fingerprint density at radius 1 is 1.03 bits per heavy atom. The van der Waals surface area contributed by atoms with Gasteiger partial charge in [-0.1, -0.05) is 24.3 Å². The maximum Gasteiger partial charge on any atom is 0.491 e. The molecule has 0 aliphatic rings. The predicted molar refractivity (Wildman–Crippen MR) is 114 cm³/mol. The van der Waals surface area contributed by atoms with E-state index >= 15 is 0 Å². The number of nitrogens with one attached hydrogen (secondary N) is 1. The summed E-state index contributed by atoms with van der Waals surface area (Å²) >= 11 is 0. The van der Waals surface area contributed by atoms with Crippen molar-refractivity contribution < 1.29 is 32.3 Å². The highest BCUT2D eigenvalue weighted by molar-refractivity contribution is 5.95. The van der Waals surface area contributed by atoms with Gasteiger partial charge in [-0.15, -0.1) is 0 Å². The topological polar surface area (TPSA) is 150 Å². The van der Waals surface area contributed by atoms with Gasteiger partial charge in [0.2, 0.25) is 0 Å². The first-order chi connectivity index (χ1) is 16.0. The Labute approximate surface area is 190 Å². The number of nitrogens with two attached hydrogens (primary N) is 2. The standard InChI is InChI=1S/C22H18F3N5O4/c23-22(24,25)21(33)34-16-6-2-4-13(9-16)10-29-20(32)14-5-1-3-12(7-14)8-15-11-28-18(26)17(30-15)19(27)31/h1-7,9,11H,8,10H2,(H2,26,28)(H2,27,31)(H,29,32). The van der Waals surface area contributed by atoms with Gasteiger partial charge in [0.15, 0.2) is 11.5 Å². The first kappa shape index (κ1) is 24.2. The number of benzene rings is 2. The molecule has 3 rings (SSSR count). The third kappa shape index (κ3) is 6.28. The average Bonchev–Trinajstić information content (AvgIpc) is 2.78. The average molecular weight is 473 g/mol. The summed E-state index contributed by atoms with van der Waals surface area (Å²) in [5.74, 6) is -3.96. The minimum Gasteiger partial charge on any atom is -0.420 e. The van der Waals surface area contributed by atoms with Gasteiger partial charge in [0.25, 0.3) is 11.8 Å². The number of primary amides is 1. The van der Waals surface area contributed by atoms with E-state index in [0.29, 0.717) is 22.4 Å². The van der Waals surface area contributed by atoms with E-state index in [1.807, 2.05) is 0 Å². The van der Waals surface area contributed by atoms with Crippen molar-refractivity contribution in [3.05, 3.63) is 82.8 Å². The lowest BCUT2D eigenvalue weighted by Gasteiger charge is -2.10. The number of hydrogen-bond acceptors (Lipinski definition) is 7. The summed E-state index contributed by atoms with van der Waals surface area (Å²) in [5.41, 5.74) is 12.5. The lowest BCUT2D eigenvalue weighted by molar-refractivity contribution is -0.189. The Morgan fingerprint density at radius 3 is 2.44 bits per heavy atom. The smallest absolute Gasteiger partial charge is 0.420 e. The van der Waals surface area contributed by atoms with Gasteiger partial charge in [-0.3, -0.25) is 9.59 Å². The van der Waals surface area contributed by atoms with E-state index in [1.165, 1.54) is 24.4 Å². The Hall–Kier alpha value is -4.48. The summed E-state index contributed by atoms with van der Waals surface area (Å²) in [6, 6.07) is 12.0. The monoisotopic (exact) mass is 473 g/mol. The van der Waals surface area contributed by atoms with Crippen molar-refractivity contribution in [1.82, 2.24) is 15.3 Å². The van der Waals surface area contributed by atoms with Crippen molar-refractivity contribution in [2.75, 3.05) is 5.73 Å². The van der Waals surface area contributed by atoms with Crippen LogP contribution in [0.15, 0.2) is 54.7 Å². The zero-order valence-corrected chi connectivity index (χ0v) is 17.4. The van der Waals surface area contributed by atoms with Crippen LogP contribution in [-0.4, -0.2) is 33.9 Å². The van der Waals surface area contributed by atoms with Gasteiger partial charge in [0.05, 0.1) is 11.9 Å². The van der Waals surface area contributed by atoms with Crippen LogP contribution < -0.4 is 21.5 Å². The van der Waals surface area contributed by atoms with Crippen molar-refractivity contribution >= 4 is 23.6 Å². The molecule has 0 radical (unpaired) electrons. The summed E-state index contributed by atoms with van der Waals surface area (Å²) in [7, 11) is 0. The van der Waals surface area contributed by atoms with Gasteiger partial charge in [0, 0.05) is 18.5 Å². The van der Waals surface area contributed by atoms with Crippen LogP contribution in [0.5, 0.6) is 5.75 Å². The van der Waals surface area contributed by atoms with Gasteiger partial charge in [-0.2, -0.15) is 13.2 Å². The molecule has 0 aliphatic carbocycles. The Balaban J connectivity index is 1.65. The quantitative estimate of drug-likeness (QED) is 0.351. The molecule has 0 spiro atoms. The van der Waals surface area contributed by atoms with Crippen LogP contribution in [0.2, 0.25) is 0 Å². The number of halogens is 3. The molecule has 0 atom stereocenters. The molecule has 34 heavy (non-hydrogen) atoms. The molecule has 2 amide bonds. The highest BCUT2D eigenvalue weighted by Gasteiger charge is 2.41. The third-order valence-corrected chi connectivity index (χ3v) is 4.45. The number of carbonyl (C=O) groups excluding carboxylic acids is 3. The van der Waals surface area contributed by atoms with Crippen LogP contribution in [0, 0.1) is 0 Å². The molecular weight excluding hydrogens is 455 g/mol. The van der Waals surface area contributed by atoms with Crippen molar-refractivity contribution in [1.29, 1.82) is 0 Å². The maximum atomic E-state index is 12.6. The fourth-order valence-corrected chi connectivity index (χ4v) is 2.90. The second-order valence-electron chi connectivity index (χ2n) is 7.05. The summed E-state index contributed by atoms with van der Waals surface area (Å²) in [6.45, 7) is -0.0219. The number of ether oxygens (including phenoxy) is 1. The molecule has 176 valence electrons. The molecule has 3 aromatic rings. The van der Waals surface area contributed by atoms with E-state index in [2.05, 4.69) is 20.0 Å². The minimum absolute atomic E-state index is 0.0219. The zero-order valence-electron chi connectivity index (χ0n) is 17.4. The normalized spacial score (nSPS) is 11.0. The van der Waals surface area contributed by atoms with Gasteiger partial charge >= 0.3 is 12.1 Å². The van der Waals surface area contributed by atoms with Gasteiger partial charge in [-0.05, 0) is 35.4 Å². The summed E-state index contributed by atoms with van der Waals surface area (Å²) < 4.78 is 41.4. The molecule has 12 heteroatoms. The van der Waals surface area contributed by atoms with Crippen LogP contribution in [-0.2, 0) is 17.8 Å². The van der Waals surface area contributed by atoms with E-state index in [1.54, 1.807) is 30.3 Å². The number of anilines is 1. The zero-order chi connectivity index (χ0) is 24.9. The molecule has 0 saturated heterocycles. The second-order valence-corrected chi connectivity index (χ2v) is 7.05. The second kappa shape index (κ2) is 9.98. The summed E-state index contributed by atoms with van der Waals surface area (Å²) in [6.07, 6.45) is -3.47. The van der Waals surface area contributed by atoms with Crippen molar-refractivity contribution in [3.63, 3.8) is 0 Å². The number of alkyl halides is 3. The lowest BCUT2D eigenvalue weighted by atomic mass is 10.1. The van der Waals surface area contributed by atoms with E-state index in [-0.39, 0.29) is 30.2 Å². The lowest BCUT2D eigenvalue weighted by Crippen LogP contribution is -2.28. The van der Waals surface area contributed by atoms with Crippen molar-refractivity contribution in [2.45, 2.75) is 19.1 Å². The number of nitrogens with zero attached hydrogens (tertiary/aromatic N) is 2. The first-order valence-corrected chi connectivity index (χ1v) is 9.69. The summed E-state index contributed by atoms with van der Waals surface area (Å²) in [5, 5.41) is 2.64. The Kier molecular flexibility index (Phi) is 7.09.